The number of rotatable bonds is 8. The Labute approximate surface area is 182 Å². The van der Waals surface area contributed by atoms with Crippen molar-refractivity contribution in [1.29, 1.82) is 0 Å². The number of furan rings is 1. The lowest BCUT2D eigenvalue weighted by molar-refractivity contribution is -0.117. The Balaban J connectivity index is 1.54. The summed E-state index contributed by atoms with van der Waals surface area (Å²) in [5.74, 6) is 0.170. The van der Waals surface area contributed by atoms with Crippen LogP contribution in [0.4, 0.5) is 0 Å². The third-order valence-corrected chi connectivity index (χ3v) is 7.52. The second-order valence-electron chi connectivity index (χ2n) is 7.28. The number of amides is 1. The molecule has 1 aromatic carbocycles. The molecule has 0 spiro atoms. The Morgan fingerprint density at radius 3 is 2.58 bits per heavy atom. The maximum Gasteiger partial charge on any atom is 0.244 e. The first-order valence-electron chi connectivity index (χ1n) is 9.69. The highest BCUT2D eigenvalue weighted by Gasteiger charge is 2.26. The molecule has 2 heterocycles. The topological polar surface area (TPSA) is 126 Å². The summed E-state index contributed by atoms with van der Waals surface area (Å²) in [6.07, 6.45) is 6.94. The van der Waals surface area contributed by atoms with Crippen molar-refractivity contribution < 1.29 is 26.0 Å². The zero-order valence-electron chi connectivity index (χ0n) is 17.0. The Hall–Kier alpha value is -2.47. The molecule has 1 atom stereocenters. The van der Waals surface area contributed by atoms with Crippen LogP contribution in [0.25, 0.3) is 6.08 Å². The van der Waals surface area contributed by atoms with E-state index in [0.29, 0.717) is 30.7 Å². The molecule has 0 radical (unpaired) electrons. The van der Waals surface area contributed by atoms with E-state index in [9.17, 15) is 21.6 Å². The maximum atomic E-state index is 12.3. The molecule has 11 heteroatoms. The molecule has 1 aromatic heterocycles. The van der Waals surface area contributed by atoms with Gasteiger partial charge in [0.15, 0.2) is 0 Å². The first kappa shape index (κ1) is 23.2. The molecule has 3 rings (SSSR count). The van der Waals surface area contributed by atoms with Gasteiger partial charge < -0.3 is 9.73 Å². The standard InChI is InChI=1S/C20H25N3O6S2/c1-30(25,26)23-12-2-4-17(15-23)22-20(24)11-8-16-6-9-19(10-7-16)31(27,28)21-14-18-5-3-13-29-18/h3,5-11,13,17,21H,2,4,12,14-15H2,1H3,(H,22,24)/b11-8+. The zero-order valence-corrected chi connectivity index (χ0v) is 18.7. The van der Waals surface area contributed by atoms with Crippen molar-refractivity contribution >= 4 is 32.0 Å². The van der Waals surface area contributed by atoms with Crippen molar-refractivity contribution in [1.82, 2.24) is 14.3 Å². The summed E-state index contributed by atoms with van der Waals surface area (Å²) in [5, 5.41) is 2.81. The van der Waals surface area contributed by atoms with E-state index in [1.165, 1.54) is 28.8 Å². The van der Waals surface area contributed by atoms with Crippen LogP contribution in [-0.2, 0) is 31.4 Å². The molecule has 1 aliphatic rings. The molecular formula is C20H25N3O6S2. The van der Waals surface area contributed by atoms with Gasteiger partial charge in [0.05, 0.1) is 24.0 Å². The van der Waals surface area contributed by atoms with Crippen LogP contribution < -0.4 is 10.0 Å². The SMILES string of the molecule is CS(=O)(=O)N1CCCC(NC(=O)/C=C/c2ccc(S(=O)(=O)NCc3ccco3)cc2)C1. The molecule has 2 N–H and O–H groups in total. The average Bonchev–Trinajstić information content (AvgIpc) is 3.25. The van der Waals surface area contributed by atoms with E-state index in [4.69, 9.17) is 4.42 Å². The van der Waals surface area contributed by atoms with Gasteiger partial charge in [0.25, 0.3) is 0 Å². The molecule has 31 heavy (non-hydrogen) atoms. The van der Waals surface area contributed by atoms with Crippen LogP contribution >= 0.6 is 0 Å². The van der Waals surface area contributed by atoms with Crippen LogP contribution in [0.15, 0.2) is 58.1 Å². The van der Waals surface area contributed by atoms with Crippen LogP contribution in [-0.4, -0.2) is 52.4 Å². The lowest BCUT2D eigenvalue weighted by atomic mass is 10.1. The first-order valence-corrected chi connectivity index (χ1v) is 13.0. The number of sulfonamides is 2. The van der Waals surface area contributed by atoms with Gasteiger partial charge in [0, 0.05) is 25.2 Å². The maximum absolute atomic E-state index is 12.3. The van der Waals surface area contributed by atoms with E-state index in [1.54, 1.807) is 30.3 Å². The molecule has 1 unspecified atom stereocenters. The highest BCUT2D eigenvalue weighted by molar-refractivity contribution is 7.89. The lowest BCUT2D eigenvalue weighted by Crippen LogP contribution is -2.48. The number of hydrogen-bond acceptors (Lipinski definition) is 6. The van der Waals surface area contributed by atoms with Crippen molar-refractivity contribution in [3.63, 3.8) is 0 Å². The van der Waals surface area contributed by atoms with Crippen LogP contribution in [0.1, 0.15) is 24.2 Å². The summed E-state index contributed by atoms with van der Waals surface area (Å²) < 4.78 is 57.0. The van der Waals surface area contributed by atoms with Crippen molar-refractivity contribution in [2.45, 2.75) is 30.3 Å². The fourth-order valence-electron chi connectivity index (χ4n) is 3.20. The van der Waals surface area contributed by atoms with Crippen molar-refractivity contribution in [3.8, 4) is 0 Å². The Bertz CT molecular complexity index is 1120. The molecule has 1 aliphatic heterocycles. The van der Waals surface area contributed by atoms with Crippen molar-refractivity contribution in [2.75, 3.05) is 19.3 Å². The minimum Gasteiger partial charge on any atom is -0.468 e. The van der Waals surface area contributed by atoms with E-state index in [-0.39, 0.29) is 29.9 Å². The highest BCUT2D eigenvalue weighted by atomic mass is 32.2. The molecular weight excluding hydrogens is 442 g/mol. The van der Waals surface area contributed by atoms with Crippen LogP contribution in [0.3, 0.4) is 0 Å². The number of nitrogens with zero attached hydrogens (tertiary/aromatic N) is 1. The molecule has 0 saturated carbocycles. The van der Waals surface area contributed by atoms with Crippen LogP contribution in [0.2, 0.25) is 0 Å². The van der Waals surface area contributed by atoms with E-state index in [1.807, 2.05) is 0 Å². The van der Waals surface area contributed by atoms with E-state index < -0.39 is 20.0 Å². The van der Waals surface area contributed by atoms with Gasteiger partial charge in [-0.1, -0.05) is 12.1 Å². The monoisotopic (exact) mass is 467 g/mol. The van der Waals surface area contributed by atoms with Crippen molar-refractivity contribution in [2.24, 2.45) is 0 Å². The number of carbonyl (C=O) groups is 1. The fourth-order valence-corrected chi connectivity index (χ4v) is 5.11. The third-order valence-electron chi connectivity index (χ3n) is 4.83. The zero-order chi connectivity index (χ0) is 22.5. The molecule has 2 aromatic rings. The van der Waals surface area contributed by atoms with Gasteiger partial charge in [-0.25, -0.2) is 25.9 Å². The van der Waals surface area contributed by atoms with Gasteiger partial charge in [0.1, 0.15) is 5.76 Å². The summed E-state index contributed by atoms with van der Waals surface area (Å²) in [5.41, 5.74) is 0.654. The van der Waals surface area contributed by atoms with Gasteiger partial charge in [-0.2, -0.15) is 0 Å². The second-order valence-corrected chi connectivity index (χ2v) is 11.0. The molecule has 1 amide bonds. The predicted octanol–water partition coefficient (Wildman–Crippen LogP) is 1.31. The fraction of sp³-hybridized carbons (Fsp3) is 0.350. The van der Waals surface area contributed by atoms with Gasteiger partial charge in [-0.15, -0.1) is 0 Å². The van der Waals surface area contributed by atoms with Crippen LogP contribution in [0, 0.1) is 0 Å². The number of nitrogens with one attached hydrogen (secondary N) is 2. The molecule has 0 aliphatic carbocycles. The smallest absolute Gasteiger partial charge is 0.244 e. The van der Waals surface area contributed by atoms with E-state index >= 15 is 0 Å². The van der Waals surface area contributed by atoms with Crippen LogP contribution in [0.5, 0.6) is 0 Å². The van der Waals surface area contributed by atoms with Gasteiger partial charge in [-0.05, 0) is 48.7 Å². The molecule has 0 bridgehead atoms. The molecule has 1 fully saturated rings. The Morgan fingerprint density at radius 1 is 1.19 bits per heavy atom. The summed E-state index contributed by atoms with van der Waals surface area (Å²) in [4.78, 5) is 12.3. The lowest BCUT2D eigenvalue weighted by Gasteiger charge is -2.31. The first-order chi connectivity index (χ1) is 14.6. The summed E-state index contributed by atoms with van der Waals surface area (Å²) >= 11 is 0. The average molecular weight is 468 g/mol. The normalized spacial score (nSPS) is 18.3. The van der Waals surface area contributed by atoms with Gasteiger partial charge in [-0.3, -0.25) is 4.79 Å². The summed E-state index contributed by atoms with van der Waals surface area (Å²) in [6, 6.07) is 9.20. The largest absolute Gasteiger partial charge is 0.468 e. The Morgan fingerprint density at radius 2 is 1.94 bits per heavy atom. The second kappa shape index (κ2) is 9.77. The summed E-state index contributed by atoms with van der Waals surface area (Å²) in [7, 11) is -6.97. The quantitative estimate of drug-likeness (QED) is 0.564. The van der Waals surface area contributed by atoms with Crippen molar-refractivity contribution in [3.05, 3.63) is 60.1 Å². The minimum atomic E-state index is -3.69. The third kappa shape index (κ3) is 6.76. The molecule has 1 saturated heterocycles. The minimum absolute atomic E-state index is 0.0507. The Kier molecular flexibility index (Phi) is 7.31. The summed E-state index contributed by atoms with van der Waals surface area (Å²) in [6.45, 7) is 0.776. The van der Waals surface area contributed by atoms with Gasteiger partial charge >= 0.3 is 0 Å². The highest BCUT2D eigenvalue weighted by Crippen LogP contribution is 2.14. The number of carbonyl (C=O) groups excluding carboxylic acids is 1. The number of benzene rings is 1. The van der Waals surface area contributed by atoms with Gasteiger partial charge in [0.2, 0.25) is 26.0 Å². The number of piperidine rings is 1. The van der Waals surface area contributed by atoms with E-state index in [0.717, 1.165) is 6.26 Å². The van der Waals surface area contributed by atoms with E-state index in [2.05, 4.69) is 10.0 Å². The molecule has 168 valence electrons. The predicted molar refractivity (Wildman–Crippen MR) is 116 cm³/mol. The number of hydrogen-bond donors (Lipinski definition) is 2. The molecule has 9 nitrogen and oxygen atoms in total.